The lowest BCUT2D eigenvalue weighted by Crippen LogP contribution is -2.36. The van der Waals surface area contributed by atoms with Gasteiger partial charge in [0.1, 0.15) is 0 Å². The van der Waals surface area contributed by atoms with Crippen molar-refractivity contribution in [3.8, 4) is 0 Å². The highest BCUT2D eigenvalue weighted by Crippen LogP contribution is 2.10. The number of nitrogens with one attached hydrogen (secondary N) is 1. The Labute approximate surface area is 82.5 Å². The molecule has 0 aliphatic heterocycles. The van der Waals surface area contributed by atoms with Gasteiger partial charge in [0.15, 0.2) is 5.82 Å². The van der Waals surface area contributed by atoms with Crippen molar-refractivity contribution in [1.29, 1.82) is 0 Å². The zero-order valence-corrected chi connectivity index (χ0v) is 8.54. The number of hydrogen-bond acceptors (Lipinski definition) is 4. The first-order chi connectivity index (χ1) is 6.53. The lowest BCUT2D eigenvalue weighted by atomic mass is 10.1. The number of halogens is 1. The summed E-state index contributed by atoms with van der Waals surface area (Å²) in [5, 5.41) is 3.03. The third-order valence-electron chi connectivity index (χ3n) is 1.58. The van der Waals surface area contributed by atoms with E-state index in [0.717, 1.165) is 12.4 Å². The predicted molar refractivity (Wildman–Crippen MR) is 51.6 cm³/mol. The summed E-state index contributed by atoms with van der Waals surface area (Å²) in [6, 6.07) is 0. The average molecular weight is 199 g/mol. The summed E-state index contributed by atoms with van der Waals surface area (Å²) in [6.45, 7) is 4.42. The fourth-order valence-corrected chi connectivity index (χ4v) is 1.08. The van der Waals surface area contributed by atoms with E-state index >= 15 is 0 Å². The molecular formula is C9H14FN3O. The van der Waals surface area contributed by atoms with E-state index in [2.05, 4.69) is 15.3 Å². The van der Waals surface area contributed by atoms with Gasteiger partial charge in [-0.25, -0.2) is 14.4 Å². The van der Waals surface area contributed by atoms with Gasteiger partial charge in [-0.05, 0) is 13.8 Å². The second kappa shape index (κ2) is 4.32. The quantitative estimate of drug-likeness (QED) is 0.797. The number of ether oxygens (including phenoxy) is 1. The van der Waals surface area contributed by atoms with Crippen LogP contribution in [0.3, 0.4) is 0 Å². The van der Waals surface area contributed by atoms with Crippen LogP contribution in [-0.4, -0.2) is 29.2 Å². The Morgan fingerprint density at radius 2 is 2.00 bits per heavy atom. The van der Waals surface area contributed by atoms with Crippen LogP contribution in [0.4, 0.5) is 10.3 Å². The molecule has 0 aliphatic rings. The zero-order chi connectivity index (χ0) is 10.6. The molecule has 0 spiro atoms. The maximum Gasteiger partial charge on any atom is 0.223 e. The molecule has 0 unspecified atom stereocenters. The minimum absolute atomic E-state index is 0.271. The molecule has 4 nitrogen and oxygen atoms in total. The predicted octanol–water partition coefficient (Wildman–Crippen LogP) is 1.45. The Kier molecular flexibility index (Phi) is 3.35. The smallest absolute Gasteiger partial charge is 0.223 e. The Balaban J connectivity index is 2.64. The van der Waals surface area contributed by atoms with Gasteiger partial charge in [-0.15, -0.1) is 0 Å². The van der Waals surface area contributed by atoms with Gasteiger partial charge in [0.05, 0.1) is 24.5 Å². The van der Waals surface area contributed by atoms with Crippen LogP contribution >= 0.6 is 0 Å². The van der Waals surface area contributed by atoms with Gasteiger partial charge in [-0.1, -0.05) is 0 Å². The van der Waals surface area contributed by atoms with Crippen molar-refractivity contribution < 1.29 is 9.13 Å². The largest absolute Gasteiger partial charge is 0.382 e. The molecule has 5 heteroatoms. The molecule has 0 aromatic carbocycles. The molecule has 0 saturated carbocycles. The fraction of sp³-hybridized carbons (Fsp3) is 0.556. The van der Waals surface area contributed by atoms with Crippen LogP contribution in [-0.2, 0) is 4.74 Å². The van der Waals surface area contributed by atoms with Crippen LogP contribution in [0.2, 0.25) is 0 Å². The molecule has 0 fully saturated rings. The lowest BCUT2D eigenvalue weighted by Gasteiger charge is -2.24. The molecule has 1 heterocycles. The van der Waals surface area contributed by atoms with Crippen LogP contribution < -0.4 is 5.32 Å². The van der Waals surface area contributed by atoms with E-state index in [1.54, 1.807) is 7.11 Å². The Hall–Kier alpha value is -1.23. The van der Waals surface area contributed by atoms with Gasteiger partial charge in [0.25, 0.3) is 0 Å². The van der Waals surface area contributed by atoms with Gasteiger partial charge in [-0.3, -0.25) is 0 Å². The third-order valence-corrected chi connectivity index (χ3v) is 1.58. The SMILES string of the molecule is COCC(C)(C)Nc1ncc(F)cn1. The number of methoxy groups -OCH3 is 1. The van der Waals surface area contributed by atoms with Crippen molar-refractivity contribution in [2.75, 3.05) is 19.0 Å². The molecule has 1 rings (SSSR count). The normalized spacial score (nSPS) is 11.4. The minimum atomic E-state index is -0.444. The van der Waals surface area contributed by atoms with Gasteiger partial charge >= 0.3 is 0 Å². The molecule has 0 amide bonds. The molecule has 0 atom stereocenters. The van der Waals surface area contributed by atoms with Crippen LogP contribution in [0.5, 0.6) is 0 Å². The first-order valence-electron chi connectivity index (χ1n) is 4.28. The Bertz CT molecular complexity index is 287. The summed E-state index contributed by atoms with van der Waals surface area (Å²) in [4.78, 5) is 7.59. The highest BCUT2D eigenvalue weighted by molar-refractivity contribution is 5.27. The maximum atomic E-state index is 12.5. The zero-order valence-electron chi connectivity index (χ0n) is 8.54. The van der Waals surface area contributed by atoms with E-state index in [1.165, 1.54) is 0 Å². The molecule has 0 aliphatic carbocycles. The van der Waals surface area contributed by atoms with Crippen molar-refractivity contribution in [3.05, 3.63) is 18.2 Å². The van der Waals surface area contributed by atoms with Crippen LogP contribution in [0, 0.1) is 5.82 Å². The monoisotopic (exact) mass is 199 g/mol. The van der Waals surface area contributed by atoms with E-state index in [-0.39, 0.29) is 5.54 Å². The van der Waals surface area contributed by atoms with Crippen LogP contribution in [0.25, 0.3) is 0 Å². The molecule has 1 aromatic heterocycles. The summed E-state index contributed by atoms with van der Waals surface area (Å²) >= 11 is 0. The number of rotatable bonds is 4. The third kappa shape index (κ3) is 3.26. The molecule has 0 radical (unpaired) electrons. The molecular weight excluding hydrogens is 185 g/mol. The summed E-state index contributed by atoms with van der Waals surface area (Å²) < 4.78 is 17.5. The summed E-state index contributed by atoms with van der Waals surface area (Å²) in [7, 11) is 1.62. The van der Waals surface area contributed by atoms with Gasteiger partial charge < -0.3 is 10.1 Å². The van der Waals surface area contributed by atoms with Crippen LogP contribution in [0.15, 0.2) is 12.4 Å². The first kappa shape index (κ1) is 10.8. The lowest BCUT2D eigenvalue weighted by molar-refractivity contribution is 0.158. The van der Waals surface area contributed by atoms with Crippen molar-refractivity contribution in [1.82, 2.24) is 9.97 Å². The van der Waals surface area contributed by atoms with Crippen LogP contribution in [0.1, 0.15) is 13.8 Å². The van der Waals surface area contributed by atoms with Crippen molar-refractivity contribution >= 4 is 5.95 Å². The Morgan fingerprint density at radius 3 is 2.50 bits per heavy atom. The second-order valence-corrected chi connectivity index (χ2v) is 3.67. The van der Waals surface area contributed by atoms with Crippen molar-refractivity contribution in [3.63, 3.8) is 0 Å². The summed E-state index contributed by atoms with van der Waals surface area (Å²) in [5.41, 5.74) is -0.271. The first-order valence-corrected chi connectivity index (χ1v) is 4.28. The van der Waals surface area contributed by atoms with Crippen molar-refractivity contribution in [2.24, 2.45) is 0 Å². The van der Waals surface area contributed by atoms with Gasteiger partial charge in [0, 0.05) is 7.11 Å². The number of aromatic nitrogens is 2. The van der Waals surface area contributed by atoms with E-state index < -0.39 is 5.82 Å². The number of nitrogens with zero attached hydrogens (tertiary/aromatic N) is 2. The molecule has 78 valence electrons. The number of hydrogen-bond donors (Lipinski definition) is 1. The highest BCUT2D eigenvalue weighted by Gasteiger charge is 2.17. The topological polar surface area (TPSA) is 47.0 Å². The van der Waals surface area contributed by atoms with Gasteiger partial charge in [0.2, 0.25) is 5.95 Å². The second-order valence-electron chi connectivity index (χ2n) is 3.67. The standard InChI is InChI=1S/C9H14FN3O/c1-9(2,6-14-3)13-8-11-4-7(10)5-12-8/h4-5H,6H2,1-3H3,(H,11,12,13). The maximum absolute atomic E-state index is 12.5. The van der Waals surface area contributed by atoms with Crippen molar-refractivity contribution in [2.45, 2.75) is 19.4 Å². The fourth-order valence-electron chi connectivity index (χ4n) is 1.08. The highest BCUT2D eigenvalue weighted by atomic mass is 19.1. The number of anilines is 1. The van der Waals surface area contributed by atoms with E-state index in [9.17, 15) is 4.39 Å². The van der Waals surface area contributed by atoms with E-state index in [0.29, 0.717) is 12.6 Å². The molecule has 0 saturated heterocycles. The molecule has 1 aromatic rings. The van der Waals surface area contributed by atoms with Gasteiger partial charge in [-0.2, -0.15) is 0 Å². The summed E-state index contributed by atoms with van der Waals surface area (Å²) in [5.74, 6) is -0.0476. The molecule has 1 N–H and O–H groups in total. The Morgan fingerprint density at radius 1 is 1.43 bits per heavy atom. The molecule has 0 bridgehead atoms. The minimum Gasteiger partial charge on any atom is -0.382 e. The summed E-state index contributed by atoms with van der Waals surface area (Å²) in [6.07, 6.45) is 2.25. The molecule has 14 heavy (non-hydrogen) atoms. The average Bonchev–Trinajstić information content (AvgIpc) is 2.08. The van der Waals surface area contributed by atoms with E-state index in [4.69, 9.17) is 4.74 Å². The van der Waals surface area contributed by atoms with E-state index in [1.807, 2.05) is 13.8 Å².